The SMILES string of the molecule is CCOC(=O)C(N)CN(C)c1cccc(F)c1. The smallest absolute Gasteiger partial charge is 0.324 e. The highest BCUT2D eigenvalue weighted by atomic mass is 19.1. The van der Waals surface area contributed by atoms with Gasteiger partial charge in [0.2, 0.25) is 0 Å². The van der Waals surface area contributed by atoms with Gasteiger partial charge in [-0.3, -0.25) is 4.79 Å². The maximum absolute atomic E-state index is 13.0. The normalized spacial score (nSPS) is 12.0. The Morgan fingerprint density at radius 1 is 1.59 bits per heavy atom. The largest absolute Gasteiger partial charge is 0.465 e. The van der Waals surface area contributed by atoms with Crippen LogP contribution in [0.15, 0.2) is 24.3 Å². The first-order chi connectivity index (χ1) is 8.04. The van der Waals surface area contributed by atoms with Crippen molar-refractivity contribution in [2.24, 2.45) is 5.73 Å². The van der Waals surface area contributed by atoms with E-state index in [0.717, 1.165) is 0 Å². The van der Waals surface area contributed by atoms with Gasteiger partial charge in [0.1, 0.15) is 11.9 Å². The molecule has 1 rings (SSSR count). The zero-order chi connectivity index (χ0) is 12.8. The van der Waals surface area contributed by atoms with E-state index in [1.807, 2.05) is 0 Å². The topological polar surface area (TPSA) is 55.6 Å². The van der Waals surface area contributed by atoms with Gasteiger partial charge in [-0.1, -0.05) is 6.07 Å². The zero-order valence-corrected chi connectivity index (χ0v) is 10.0. The summed E-state index contributed by atoms with van der Waals surface area (Å²) >= 11 is 0. The number of nitrogens with two attached hydrogens (primary N) is 1. The first-order valence-electron chi connectivity index (χ1n) is 5.43. The van der Waals surface area contributed by atoms with Gasteiger partial charge in [0.05, 0.1) is 6.61 Å². The molecule has 1 atom stereocenters. The van der Waals surface area contributed by atoms with E-state index in [1.54, 1.807) is 31.0 Å². The fourth-order valence-corrected chi connectivity index (χ4v) is 1.44. The van der Waals surface area contributed by atoms with Crippen LogP contribution in [-0.4, -0.2) is 32.2 Å². The van der Waals surface area contributed by atoms with E-state index < -0.39 is 12.0 Å². The lowest BCUT2D eigenvalue weighted by Gasteiger charge is -2.22. The van der Waals surface area contributed by atoms with Crippen LogP contribution in [-0.2, 0) is 9.53 Å². The molecule has 0 saturated carbocycles. The third-order valence-electron chi connectivity index (χ3n) is 2.31. The molecule has 0 aliphatic carbocycles. The molecule has 0 saturated heterocycles. The molecule has 5 heteroatoms. The highest BCUT2D eigenvalue weighted by molar-refractivity contribution is 5.76. The highest BCUT2D eigenvalue weighted by Crippen LogP contribution is 2.13. The van der Waals surface area contributed by atoms with Crippen molar-refractivity contribution in [2.45, 2.75) is 13.0 Å². The Hall–Kier alpha value is -1.62. The van der Waals surface area contributed by atoms with Gasteiger partial charge in [-0.25, -0.2) is 4.39 Å². The van der Waals surface area contributed by atoms with Crippen LogP contribution < -0.4 is 10.6 Å². The van der Waals surface area contributed by atoms with Crippen molar-refractivity contribution in [3.8, 4) is 0 Å². The van der Waals surface area contributed by atoms with Crippen LogP contribution in [0.4, 0.5) is 10.1 Å². The van der Waals surface area contributed by atoms with Crippen molar-refractivity contribution in [1.82, 2.24) is 0 Å². The fourth-order valence-electron chi connectivity index (χ4n) is 1.44. The predicted octanol–water partition coefficient (Wildman–Crippen LogP) is 1.15. The third kappa shape index (κ3) is 4.03. The Labute approximate surface area is 100 Å². The molecule has 17 heavy (non-hydrogen) atoms. The molecule has 4 nitrogen and oxygen atoms in total. The number of hydrogen-bond donors (Lipinski definition) is 1. The summed E-state index contributed by atoms with van der Waals surface area (Å²) in [6.45, 7) is 2.30. The summed E-state index contributed by atoms with van der Waals surface area (Å²) < 4.78 is 17.8. The van der Waals surface area contributed by atoms with Crippen LogP contribution in [0.5, 0.6) is 0 Å². The number of anilines is 1. The monoisotopic (exact) mass is 240 g/mol. The Kier molecular flexibility index (Phi) is 4.90. The first-order valence-corrected chi connectivity index (χ1v) is 5.43. The van der Waals surface area contributed by atoms with Crippen molar-refractivity contribution >= 4 is 11.7 Å². The fraction of sp³-hybridized carbons (Fsp3) is 0.417. The van der Waals surface area contributed by atoms with Gasteiger partial charge in [-0.05, 0) is 25.1 Å². The van der Waals surface area contributed by atoms with Gasteiger partial charge >= 0.3 is 5.97 Å². The summed E-state index contributed by atoms with van der Waals surface area (Å²) in [7, 11) is 1.74. The molecular weight excluding hydrogens is 223 g/mol. The molecule has 1 unspecified atom stereocenters. The number of carbonyl (C=O) groups is 1. The lowest BCUT2D eigenvalue weighted by molar-refractivity contribution is -0.144. The quantitative estimate of drug-likeness (QED) is 0.784. The highest BCUT2D eigenvalue weighted by Gasteiger charge is 2.17. The lowest BCUT2D eigenvalue weighted by atomic mass is 10.2. The van der Waals surface area contributed by atoms with E-state index in [9.17, 15) is 9.18 Å². The predicted molar refractivity (Wildman–Crippen MR) is 64.3 cm³/mol. The third-order valence-corrected chi connectivity index (χ3v) is 2.31. The molecule has 0 aliphatic heterocycles. The molecule has 1 aromatic carbocycles. The molecule has 0 aliphatic rings. The number of ether oxygens (including phenoxy) is 1. The molecule has 0 heterocycles. The standard InChI is InChI=1S/C12H17FN2O2/c1-3-17-12(16)11(14)8-15(2)10-6-4-5-9(13)7-10/h4-7,11H,3,8,14H2,1-2H3. The van der Waals surface area contributed by atoms with Gasteiger partial charge in [0, 0.05) is 19.3 Å². The second-order valence-electron chi connectivity index (χ2n) is 3.72. The van der Waals surface area contributed by atoms with Crippen molar-refractivity contribution in [2.75, 3.05) is 25.1 Å². The minimum atomic E-state index is -0.733. The summed E-state index contributed by atoms with van der Waals surface area (Å²) in [5.41, 5.74) is 6.34. The van der Waals surface area contributed by atoms with Crippen LogP contribution >= 0.6 is 0 Å². The summed E-state index contributed by atoms with van der Waals surface area (Å²) in [5.74, 6) is -0.769. The molecule has 0 radical (unpaired) electrons. The van der Waals surface area contributed by atoms with E-state index >= 15 is 0 Å². The molecular formula is C12H17FN2O2. The number of nitrogens with zero attached hydrogens (tertiary/aromatic N) is 1. The Morgan fingerprint density at radius 3 is 2.88 bits per heavy atom. The second-order valence-corrected chi connectivity index (χ2v) is 3.72. The zero-order valence-electron chi connectivity index (χ0n) is 10.0. The minimum Gasteiger partial charge on any atom is -0.465 e. The number of hydrogen-bond acceptors (Lipinski definition) is 4. The minimum absolute atomic E-state index is 0.280. The molecule has 0 spiro atoms. The molecule has 0 aromatic heterocycles. The summed E-state index contributed by atoms with van der Waals surface area (Å²) in [4.78, 5) is 13.0. The maximum atomic E-state index is 13.0. The summed E-state index contributed by atoms with van der Waals surface area (Å²) in [6.07, 6.45) is 0. The molecule has 2 N–H and O–H groups in total. The Bertz CT molecular complexity index is 385. The maximum Gasteiger partial charge on any atom is 0.324 e. The molecule has 1 aromatic rings. The van der Waals surface area contributed by atoms with Gasteiger partial charge < -0.3 is 15.4 Å². The van der Waals surface area contributed by atoms with Crippen LogP contribution in [0.3, 0.4) is 0 Å². The number of halogens is 1. The van der Waals surface area contributed by atoms with Gasteiger partial charge in [0.15, 0.2) is 0 Å². The number of benzene rings is 1. The van der Waals surface area contributed by atoms with Crippen LogP contribution in [0, 0.1) is 5.82 Å². The summed E-state index contributed by atoms with van der Waals surface area (Å²) in [5, 5.41) is 0. The van der Waals surface area contributed by atoms with Crippen molar-refractivity contribution < 1.29 is 13.9 Å². The molecule has 0 fully saturated rings. The van der Waals surface area contributed by atoms with E-state index in [0.29, 0.717) is 12.3 Å². The van der Waals surface area contributed by atoms with Crippen LogP contribution in [0.25, 0.3) is 0 Å². The van der Waals surface area contributed by atoms with Gasteiger partial charge in [0.25, 0.3) is 0 Å². The number of rotatable bonds is 5. The van der Waals surface area contributed by atoms with Crippen LogP contribution in [0.2, 0.25) is 0 Å². The number of carbonyl (C=O) groups excluding carboxylic acids is 1. The van der Waals surface area contributed by atoms with Crippen molar-refractivity contribution in [1.29, 1.82) is 0 Å². The second kappa shape index (κ2) is 6.20. The number of likely N-dealkylation sites (N-methyl/N-ethyl adjacent to an activating group) is 1. The molecule has 94 valence electrons. The van der Waals surface area contributed by atoms with E-state index in [-0.39, 0.29) is 12.4 Å². The summed E-state index contributed by atoms with van der Waals surface area (Å²) in [6, 6.07) is 5.38. The average Bonchev–Trinajstić information content (AvgIpc) is 2.29. The Morgan fingerprint density at radius 2 is 2.29 bits per heavy atom. The molecule has 0 amide bonds. The lowest BCUT2D eigenvalue weighted by Crippen LogP contribution is -2.42. The van der Waals surface area contributed by atoms with E-state index in [1.165, 1.54) is 12.1 Å². The van der Waals surface area contributed by atoms with E-state index in [2.05, 4.69) is 0 Å². The van der Waals surface area contributed by atoms with E-state index in [4.69, 9.17) is 10.5 Å². The van der Waals surface area contributed by atoms with Crippen molar-refractivity contribution in [3.05, 3.63) is 30.1 Å². The van der Waals surface area contributed by atoms with Crippen LogP contribution in [0.1, 0.15) is 6.92 Å². The number of esters is 1. The average molecular weight is 240 g/mol. The Balaban J connectivity index is 2.60. The van der Waals surface area contributed by atoms with Gasteiger partial charge in [-0.15, -0.1) is 0 Å². The molecule has 0 bridgehead atoms. The first kappa shape index (κ1) is 13.4. The van der Waals surface area contributed by atoms with Crippen molar-refractivity contribution in [3.63, 3.8) is 0 Å². The van der Waals surface area contributed by atoms with Gasteiger partial charge in [-0.2, -0.15) is 0 Å².